The van der Waals surface area contributed by atoms with Crippen molar-refractivity contribution in [3.8, 4) is 51.1 Å². The lowest BCUT2D eigenvalue weighted by Crippen LogP contribution is -1.95. The van der Waals surface area contributed by atoms with Gasteiger partial charge in [-0.15, -0.1) is 0 Å². The molecule has 0 aliphatic carbocycles. The van der Waals surface area contributed by atoms with E-state index in [1.54, 1.807) is 27.5 Å². The van der Waals surface area contributed by atoms with Crippen molar-refractivity contribution in [2.24, 2.45) is 5.73 Å². The van der Waals surface area contributed by atoms with Crippen molar-refractivity contribution < 1.29 is 23.2 Å². The SMILES string of the molecule is COc1ccc(-c2noc(CN)n2)cc1-c1cc2nccc(-c3c(OC)cccc3OC)c2o1. The molecule has 0 saturated heterocycles. The molecule has 0 aliphatic heterocycles. The van der Waals surface area contributed by atoms with Crippen LogP contribution >= 0.6 is 0 Å². The summed E-state index contributed by atoms with van der Waals surface area (Å²) in [5, 5.41) is 4.00. The van der Waals surface area contributed by atoms with E-state index >= 15 is 0 Å². The Bertz CT molecular complexity index is 1450. The molecule has 3 aromatic heterocycles. The maximum absolute atomic E-state index is 6.36. The van der Waals surface area contributed by atoms with E-state index in [9.17, 15) is 0 Å². The molecule has 2 N–H and O–H groups in total. The van der Waals surface area contributed by atoms with Crippen LogP contribution in [0.1, 0.15) is 5.89 Å². The van der Waals surface area contributed by atoms with Gasteiger partial charge in [0.1, 0.15) is 28.5 Å². The number of furan rings is 1. The van der Waals surface area contributed by atoms with Crippen LogP contribution in [0, 0.1) is 0 Å². The van der Waals surface area contributed by atoms with E-state index in [1.165, 1.54) is 0 Å². The van der Waals surface area contributed by atoms with E-state index in [1.807, 2.05) is 48.5 Å². The van der Waals surface area contributed by atoms with Gasteiger partial charge < -0.3 is 28.9 Å². The number of nitrogens with two attached hydrogens (primary N) is 1. The summed E-state index contributed by atoms with van der Waals surface area (Å²) >= 11 is 0. The highest BCUT2D eigenvalue weighted by atomic mass is 16.5. The standard InChI is InChI=1S/C25H22N4O5/c1-30-18-8-7-14(25-28-22(13-26)34-29-25)11-16(18)21-12-17-24(33-21)15(9-10-27-17)23-19(31-2)5-4-6-20(23)32-3/h4-12H,13,26H2,1-3H3. The summed E-state index contributed by atoms with van der Waals surface area (Å²) in [6.07, 6.45) is 1.73. The van der Waals surface area contributed by atoms with E-state index < -0.39 is 0 Å². The number of nitrogens with zero attached hydrogens (tertiary/aromatic N) is 3. The summed E-state index contributed by atoms with van der Waals surface area (Å²) in [5.41, 5.74) is 9.90. The van der Waals surface area contributed by atoms with Crippen LogP contribution in [-0.2, 0) is 6.54 Å². The fraction of sp³-hybridized carbons (Fsp3) is 0.160. The van der Waals surface area contributed by atoms with Crippen molar-refractivity contribution >= 4 is 11.1 Å². The molecule has 5 aromatic rings. The zero-order chi connectivity index (χ0) is 23.7. The lowest BCUT2D eigenvalue weighted by Gasteiger charge is -2.13. The van der Waals surface area contributed by atoms with Crippen LogP contribution in [0.15, 0.2) is 63.7 Å². The van der Waals surface area contributed by atoms with Crippen molar-refractivity contribution in [1.82, 2.24) is 15.1 Å². The van der Waals surface area contributed by atoms with Crippen LogP contribution in [0.4, 0.5) is 0 Å². The maximum Gasteiger partial charge on any atom is 0.240 e. The van der Waals surface area contributed by atoms with E-state index in [0.717, 1.165) is 22.3 Å². The highest BCUT2D eigenvalue weighted by Gasteiger charge is 2.21. The van der Waals surface area contributed by atoms with Gasteiger partial charge in [-0.25, -0.2) is 0 Å². The molecule has 0 saturated carbocycles. The van der Waals surface area contributed by atoms with Gasteiger partial charge in [-0.3, -0.25) is 4.98 Å². The number of ether oxygens (including phenoxy) is 3. The molecule has 9 heteroatoms. The van der Waals surface area contributed by atoms with Crippen LogP contribution in [0.25, 0.3) is 44.9 Å². The fourth-order valence-corrected chi connectivity index (χ4v) is 3.88. The molecule has 2 aromatic carbocycles. The van der Waals surface area contributed by atoms with Crippen molar-refractivity contribution in [3.05, 3.63) is 60.6 Å². The summed E-state index contributed by atoms with van der Waals surface area (Å²) in [6.45, 7) is 0.167. The minimum atomic E-state index is 0.167. The number of rotatable bonds is 7. The Morgan fingerprint density at radius 1 is 0.882 bits per heavy atom. The Morgan fingerprint density at radius 2 is 1.65 bits per heavy atom. The van der Waals surface area contributed by atoms with Gasteiger partial charge >= 0.3 is 0 Å². The van der Waals surface area contributed by atoms with Gasteiger partial charge in [0.25, 0.3) is 0 Å². The number of fused-ring (bicyclic) bond motifs is 1. The molecule has 0 spiro atoms. The molecule has 0 atom stereocenters. The largest absolute Gasteiger partial charge is 0.496 e. The quantitative estimate of drug-likeness (QED) is 0.370. The van der Waals surface area contributed by atoms with Crippen molar-refractivity contribution in [1.29, 1.82) is 0 Å². The van der Waals surface area contributed by atoms with Crippen LogP contribution < -0.4 is 19.9 Å². The zero-order valence-corrected chi connectivity index (χ0v) is 18.9. The molecule has 3 heterocycles. The highest BCUT2D eigenvalue weighted by molar-refractivity contribution is 5.96. The van der Waals surface area contributed by atoms with Gasteiger partial charge in [0.05, 0.1) is 39.0 Å². The Kier molecular flexibility index (Phi) is 5.60. The molecule has 34 heavy (non-hydrogen) atoms. The summed E-state index contributed by atoms with van der Waals surface area (Å²) in [6, 6.07) is 14.9. The van der Waals surface area contributed by atoms with E-state index in [2.05, 4.69) is 15.1 Å². The number of hydrogen-bond donors (Lipinski definition) is 1. The third kappa shape index (κ3) is 3.61. The second kappa shape index (κ2) is 8.87. The first-order chi connectivity index (χ1) is 16.7. The smallest absolute Gasteiger partial charge is 0.240 e. The van der Waals surface area contributed by atoms with Gasteiger partial charge in [-0.1, -0.05) is 11.2 Å². The maximum atomic E-state index is 6.36. The minimum absolute atomic E-state index is 0.167. The second-order valence-corrected chi connectivity index (χ2v) is 7.35. The van der Waals surface area contributed by atoms with Gasteiger partial charge in [0.15, 0.2) is 5.58 Å². The average Bonchev–Trinajstić information content (AvgIpc) is 3.55. The highest BCUT2D eigenvalue weighted by Crippen LogP contribution is 2.44. The van der Waals surface area contributed by atoms with E-state index in [4.69, 9.17) is 28.9 Å². The Balaban J connectivity index is 1.68. The monoisotopic (exact) mass is 458 g/mol. The summed E-state index contributed by atoms with van der Waals surface area (Å²) < 4.78 is 28.3. The van der Waals surface area contributed by atoms with Gasteiger partial charge in [-0.2, -0.15) is 4.98 Å². The average molecular weight is 458 g/mol. The number of hydrogen-bond acceptors (Lipinski definition) is 9. The first-order valence-corrected chi connectivity index (χ1v) is 10.5. The van der Waals surface area contributed by atoms with Gasteiger partial charge in [0.2, 0.25) is 11.7 Å². The molecule has 0 unspecified atom stereocenters. The molecule has 172 valence electrons. The van der Waals surface area contributed by atoms with Crippen LogP contribution in [0.2, 0.25) is 0 Å². The fourth-order valence-electron chi connectivity index (χ4n) is 3.88. The van der Waals surface area contributed by atoms with Gasteiger partial charge in [0, 0.05) is 23.4 Å². The third-order valence-electron chi connectivity index (χ3n) is 5.47. The number of benzene rings is 2. The van der Waals surface area contributed by atoms with E-state index in [-0.39, 0.29) is 6.54 Å². The minimum Gasteiger partial charge on any atom is -0.496 e. The first-order valence-electron chi connectivity index (χ1n) is 10.5. The van der Waals surface area contributed by atoms with Crippen LogP contribution in [-0.4, -0.2) is 36.5 Å². The normalized spacial score (nSPS) is 11.1. The van der Waals surface area contributed by atoms with Crippen LogP contribution in [0.5, 0.6) is 17.2 Å². The second-order valence-electron chi connectivity index (χ2n) is 7.35. The predicted molar refractivity (Wildman–Crippen MR) is 126 cm³/mol. The molecular weight excluding hydrogens is 436 g/mol. The van der Waals surface area contributed by atoms with Gasteiger partial charge in [-0.05, 0) is 36.4 Å². The zero-order valence-electron chi connectivity index (χ0n) is 18.9. The molecule has 0 radical (unpaired) electrons. The molecule has 9 nitrogen and oxygen atoms in total. The van der Waals surface area contributed by atoms with E-state index in [0.29, 0.717) is 45.8 Å². The summed E-state index contributed by atoms with van der Waals surface area (Å²) in [4.78, 5) is 8.81. The molecule has 5 rings (SSSR count). The number of aromatic nitrogens is 3. The molecule has 0 bridgehead atoms. The van der Waals surface area contributed by atoms with Crippen LogP contribution in [0.3, 0.4) is 0 Å². The summed E-state index contributed by atoms with van der Waals surface area (Å²) in [7, 11) is 4.84. The van der Waals surface area contributed by atoms with Crippen molar-refractivity contribution in [2.45, 2.75) is 6.54 Å². The Labute approximate surface area is 195 Å². The van der Waals surface area contributed by atoms with Crippen molar-refractivity contribution in [2.75, 3.05) is 21.3 Å². The Morgan fingerprint density at radius 3 is 2.32 bits per heavy atom. The lowest BCUT2D eigenvalue weighted by molar-refractivity contribution is 0.380. The topological polar surface area (TPSA) is 119 Å². The molecule has 0 amide bonds. The molecular formula is C25H22N4O5. The summed E-state index contributed by atoms with van der Waals surface area (Å²) in [5.74, 6) is 3.31. The third-order valence-corrected chi connectivity index (χ3v) is 5.47. The Hall–Kier alpha value is -4.37. The number of methoxy groups -OCH3 is 3. The number of pyridine rings is 1. The lowest BCUT2D eigenvalue weighted by atomic mass is 10.0. The van der Waals surface area contributed by atoms with Crippen molar-refractivity contribution in [3.63, 3.8) is 0 Å². The first kappa shape index (κ1) is 21.5. The molecule has 0 aliphatic rings. The predicted octanol–water partition coefficient (Wildman–Crippen LogP) is 4.70. The molecule has 0 fully saturated rings.